The van der Waals surface area contributed by atoms with Gasteiger partial charge in [-0.15, -0.1) is 0 Å². The van der Waals surface area contributed by atoms with Crippen molar-refractivity contribution in [2.45, 2.75) is 0 Å². The van der Waals surface area contributed by atoms with Crippen LogP contribution in [-0.4, -0.2) is 19.7 Å². The summed E-state index contributed by atoms with van der Waals surface area (Å²) < 4.78 is 2.55. The molecule has 0 saturated heterocycles. The topological polar surface area (TPSA) is 69.6 Å². The van der Waals surface area contributed by atoms with E-state index < -0.39 is 0 Å². The molecule has 0 radical (unpaired) electrons. The Morgan fingerprint density at radius 3 is 2.86 bits per heavy atom. The molecule has 0 atom stereocenters. The largest absolute Gasteiger partial charge is 0.384 e. The van der Waals surface area contributed by atoms with E-state index in [2.05, 4.69) is 31.0 Å². The number of hydrogen-bond acceptors (Lipinski definition) is 4. The third-order valence-corrected chi connectivity index (χ3v) is 2.36. The van der Waals surface area contributed by atoms with Crippen LogP contribution >= 0.6 is 15.9 Å². The Labute approximate surface area is 89.1 Å². The summed E-state index contributed by atoms with van der Waals surface area (Å²) in [6.45, 7) is 0. The van der Waals surface area contributed by atoms with Crippen molar-refractivity contribution in [3.05, 3.63) is 22.9 Å². The molecular weight excluding hydrogens is 246 g/mol. The number of rotatable bonds is 1. The predicted molar refractivity (Wildman–Crippen MR) is 56.3 cm³/mol. The molecule has 0 fully saturated rings. The van der Waals surface area contributed by atoms with Gasteiger partial charge in [0.25, 0.3) is 0 Å². The second kappa shape index (κ2) is 3.38. The number of aryl methyl sites for hydroxylation is 1. The molecule has 0 spiro atoms. The zero-order valence-corrected chi connectivity index (χ0v) is 9.06. The molecule has 0 amide bonds. The van der Waals surface area contributed by atoms with Gasteiger partial charge < -0.3 is 5.73 Å². The second-order valence-electron chi connectivity index (χ2n) is 2.77. The van der Waals surface area contributed by atoms with Crippen molar-refractivity contribution in [3.8, 4) is 11.5 Å². The molecule has 72 valence electrons. The summed E-state index contributed by atoms with van der Waals surface area (Å²) in [5, 5.41) is 4.07. The van der Waals surface area contributed by atoms with E-state index in [0.717, 1.165) is 10.2 Å². The van der Waals surface area contributed by atoms with Gasteiger partial charge >= 0.3 is 0 Å². The van der Waals surface area contributed by atoms with Crippen molar-refractivity contribution >= 4 is 21.7 Å². The molecule has 5 nitrogen and oxygen atoms in total. The number of nitrogens with zero attached hydrogens (tertiary/aromatic N) is 4. The van der Waals surface area contributed by atoms with E-state index in [1.165, 1.54) is 0 Å². The van der Waals surface area contributed by atoms with Crippen molar-refractivity contribution in [1.29, 1.82) is 0 Å². The summed E-state index contributed by atoms with van der Waals surface area (Å²) in [5.74, 6) is 1.01. The minimum absolute atomic E-state index is 0.447. The van der Waals surface area contributed by atoms with Crippen LogP contribution in [-0.2, 0) is 7.05 Å². The molecular formula is C8H8BrN5. The summed E-state index contributed by atoms with van der Waals surface area (Å²) in [6.07, 6.45) is 3.32. The monoisotopic (exact) mass is 253 g/mol. The lowest BCUT2D eigenvalue weighted by Gasteiger charge is -2.01. The lowest BCUT2D eigenvalue weighted by Crippen LogP contribution is -2.00. The quantitative estimate of drug-likeness (QED) is 0.830. The number of hydrogen-bond donors (Lipinski definition) is 1. The van der Waals surface area contributed by atoms with E-state index in [1.807, 2.05) is 7.05 Å². The smallest absolute Gasteiger partial charge is 0.180 e. The Kier molecular flexibility index (Phi) is 2.20. The normalized spacial score (nSPS) is 10.4. The highest BCUT2D eigenvalue weighted by Crippen LogP contribution is 2.24. The van der Waals surface area contributed by atoms with Gasteiger partial charge in [0.15, 0.2) is 5.82 Å². The van der Waals surface area contributed by atoms with E-state index in [0.29, 0.717) is 11.6 Å². The molecule has 0 aliphatic carbocycles. The van der Waals surface area contributed by atoms with E-state index in [1.54, 1.807) is 23.1 Å². The lowest BCUT2D eigenvalue weighted by molar-refractivity contribution is 0.770. The molecule has 2 aromatic rings. The van der Waals surface area contributed by atoms with E-state index in [9.17, 15) is 0 Å². The van der Waals surface area contributed by atoms with Gasteiger partial charge in [0.2, 0.25) is 0 Å². The van der Waals surface area contributed by atoms with Crippen LogP contribution in [0.5, 0.6) is 0 Å². The first-order chi connectivity index (χ1) is 6.68. The first-order valence-electron chi connectivity index (χ1n) is 3.95. The van der Waals surface area contributed by atoms with Crippen LogP contribution in [0.25, 0.3) is 11.5 Å². The Morgan fingerprint density at radius 2 is 2.29 bits per heavy atom. The summed E-state index contributed by atoms with van der Waals surface area (Å²) in [4.78, 5) is 8.23. The van der Waals surface area contributed by atoms with Crippen molar-refractivity contribution in [2.24, 2.45) is 7.05 Å². The fourth-order valence-corrected chi connectivity index (χ4v) is 1.67. The van der Waals surface area contributed by atoms with Gasteiger partial charge in [-0.25, -0.2) is 9.97 Å². The summed E-state index contributed by atoms with van der Waals surface area (Å²) in [5.41, 5.74) is 6.39. The van der Waals surface area contributed by atoms with Gasteiger partial charge in [0.1, 0.15) is 11.5 Å². The molecule has 0 aromatic carbocycles. The maximum Gasteiger partial charge on any atom is 0.180 e. The average Bonchev–Trinajstić information content (AvgIpc) is 2.46. The molecule has 2 rings (SSSR count). The van der Waals surface area contributed by atoms with Crippen LogP contribution in [0.15, 0.2) is 22.9 Å². The average molecular weight is 254 g/mol. The van der Waals surface area contributed by atoms with Gasteiger partial charge in [-0.2, -0.15) is 5.10 Å². The number of halogens is 1. The Bertz CT molecular complexity index is 445. The molecule has 0 unspecified atom stereocenters. The highest BCUT2D eigenvalue weighted by Gasteiger charge is 2.11. The minimum atomic E-state index is 0.447. The third-order valence-electron chi connectivity index (χ3n) is 1.78. The number of nitrogen functional groups attached to an aromatic ring is 1. The van der Waals surface area contributed by atoms with Crippen LogP contribution in [0.1, 0.15) is 0 Å². The number of anilines is 1. The van der Waals surface area contributed by atoms with Crippen LogP contribution in [0, 0.1) is 0 Å². The standard InChI is InChI=1S/C8H8BrN5/c1-14-7(5(9)4-12-14)8-11-3-2-6(10)13-8/h2-4H,1H3,(H2,10,11,13). The van der Waals surface area contributed by atoms with Gasteiger partial charge in [0.05, 0.1) is 10.7 Å². The van der Waals surface area contributed by atoms with Crippen LogP contribution in [0.4, 0.5) is 5.82 Å². The second-order valence-corrected chi connectivity index (χ2v) is 3.62. The highest BCUT2D eigenvalue weighted by molar-refractivity contribution is 9.10. The van der Waals surface area contributed by atoms with Crippen molar-refractivity contribution in [3.63, 3.8) is 0 Å². The molecule has 0 bridgehead atoms. The lowest BCUT2D eigenvalue weighted by atomic mass is 10.4. The summed E-state index contributed by atoms with van der Waals surface area (Å²) in [6, 6.07) is 1.65. The van der Waals surface area contributed by atoms with Crippen molar-refractivity contribution in [2.75, 3.05) is 5.73 Å². The molecule has 0 saturated carbocycles. The molecule has 2 aromatic heterocycles. The Morgan fingerprint density at radius 1 is 1.50 bits per heavy atom. The Hall–Kier alpha value is -1.43. The van der Waals surface area contributed by atoms with Gasteiger partial charge in [-0.1, -0.05) is 0 Å². The third kappa shape index (κ3) is 1.48. The van der Waals surface area contributed by atoms with E-state index >= 15 is 0 Å². The van der Waals surface area contributed by atoms with Gasteiger partial charge in [0, 0.05) is 13.2 Å². The van der Waals surface area contributed by atoms with Gasteiger partial charge in [-0.3, -0.25) is 4.68 Å². The molecule has 2 N–H and O–H groups in total. The Balaban J connectivity index is 2.59. The van der Waals surface area contributed by atoms with Crippen LogP contribution in [0.3, 0.4) is 0 Å². The molecule has 14 heavy (non-hydrogen) atoms. The van der Waals surface area contributed by atoms with Crippen molar-refractivity contribution in [1.82, 2.24) is 19.7 Å². The van der Waals surface area contributed by atoms with E-state index in [4.69, 9.17) is 5.73 Å². The molecule has 0 aliphatic heterocycles. The van der Waals surface area contributed by atoms with E-state index in [-0.39, 0.29) is 0 Å². The summed E-state index contributed by atoms with van der Waals surface area (Å²) in [7, 11) is 1.83. The summed E-state index contributed by atoms with van der Waals surface area (Å²) >= 11 is 3.37. The van der Waals surface area contributed by atoms with Crippen LogP contribution in [0.2, 0.25) is 0 Å². The maximum atomic E-state index is 5.57. The number of nitrogens with two attached hydrogens (primary N) is 1. The molecule has 2 heterocycles. The molecule has 0 aliphatic rings. The first-order valence-corrected chi connectivity index (χ1v) is 4.74. The highest BCUT2D eigenvalue weighted by atomic mass is 79.9. The minimum Gasteiger partial charge on any atom is -0.384 e. The van der Waals surface area contributed by atoms with Crippen LogP contribution < -0.4 is 5.73 Å². The zero-order chi connectivity index (χ0) is 10.1. The first kappa shape index (κ1) is 9.14. The van der Waals surface area contributed by atoms with Crippen molar-refractivity contribution < 1.29 is 0 Å². The fourth-order valence-electron chi connectivity index (χ4n) is 1.15. The maximum absolute atomic E-state index is 5.57. The SMILES string of the molecule is Cn1ncc(Br)c1-c1nccc(N)n1. The zero-order valence-electron chi connectivity index (χ0n) is 7.48. The number of aromatic nitrogens is 4. The predicted octanol–water partition coefficient (Wildman–Crippen LogP) is 1.22. The fraction of sp³-hybridized carbons (Fsp3) is 0.125. The van der Waals surface area contributed by atoms with Gasteiger partial charge in [-0.05, 0) is 22.0 Å². The molecule has 6 heteroatoms.